The number of hydrogen-bond acceptors (Lipinski definition) is 2. The topological polar surface area (TPSA) is 41.1 Å². The second-order valence-corrected chi connectivity index (χ2v) is 7.75. The lowest BCUT2D eigenvalue weighted by Crippen LogP contribution is -2.55. The Morgan fingerprint density at radius 1 is 1.28 bits per heavy atom. The molecule has 0 saturated carbocycles. The predicted octanol–water partition coefficient (Wildman–Crippen LogP) is 2.71. The molecule has 0 aromatic heterocycles. The van der Waals surface area contributed by atoms with E-state index in [1.165, 1.54) is 6.42 Å². The van der Waals surface area contributed by atoms with Gasteiger partial charge in [-0.3, -0.25) is 4.79 Å². The molecule has 0 radical (unpaired) electrons. The predicted molar refractivity (Wildman–Crippen MR) is 76.5 cm³/mol. The maximum atomic E-state index is 12.3. The molecule has 2 atom stereocenters. The highest BCUT2D eigenvalue weighted by Gasteiger charge is 2.31. The van der Waals surface area contributed by atoms with E-state index in [1.54, 1.807) is 0 Å². The van der Waals surface area contributed by atoms with Crippen LogP contribution in [0.5, 0.6) is 0 Å². The zero-order chi connectivity index (χ0) is 14.0. The molecule has 1 saturated heterocycles. The molecule has 1 aliphatic heterocycles. The Kier molecular flexibility index (Phi) is 4.82. The van der Waals surface area contributed by atoms with Crippen LogP contribution in [0.4, 0.5) is 0 Å². The number of amides is 1. The number of nitrogens with one attached hydrogen (secondary N) is 2. The third-order valence-electron chi connectivity index (χ3n) is 3.42. The Morgan fingerprint density at radius 2 is 1.89 bits per heavy atom. The van der Waals surface area contributed by atoms with Gasteiger partial charge in [-0.25, -0.2) is 0 Å². The number of carbonyl (C=O) groups excluding carboxylic acids is 1. The van der Waals surface area contributed by atoms with Crippen molar-refractivity contribution in [3.63, 3.8) is 0 Å². The standard InChI is InChI=1S/C15H30N2O/c1-11-7-8-16-12(9-11)13(18)17-15(5,6)10-14(2,3)4/h11-12,16H,7-10H2,1-6H3,(H,17,18). The van der Waals surface area contributed by atoms with Crippen LogP contribution in [0, 0.1) is 11.3 Å². The maximum Gasteiger partial charge on any atom is 0.237 e. The lowest BCUT2D eigenvalue weighted by Gasteiger charge is -2.36. The van der Waals surface area contributed by atoms with Crippen LogP contribution < -0.4 is 10.6 Å². The number of piperidine rings is 1. The molecule has 3 nitrogen and oxygen atoms in total. The van der Waals surface area contributed by atoms with Crippen LogP contribution in [0.3, 0.4) is 0 Å². The van der Waals surface area contributed by atoms with Gasteiger partial charge in [-0.15, -0.1) is 0 Å². The summed E-state index contributed by atoms with van der Waals surface area (Å²) in [5.41, 5.74) is 0.0851. The van der Waals surface area contributed by atoms with Crippen LogP contribution in [0.2, 0.25) is 0 Å². The van der Waals surface area contributed by atoms with Crippen molar-refractivity contribution in [1.82, 2.24) is 10.6 Å². The summed E-state index contributed by atoms with van der Waals surface area (Å²) in [5.74, 6) is 0.809. The van der Waals surface area contributed by atoms with Gasteiger partial charge in [0.15, 0.2) is 0 Å². The van der Waals surface area contributed by atoms with Crippen molar-refractivity contribution in [3.05, 3.63) is 0 Å². The second-order valence-electron chi connectivity index (χ2n) is 7.75. The van der Waals surface area contributed by atoms with E-state index in [1.807, 2.05) is 0 Å². The van der Waals surface area contributed by atoms with Crippen molar-refractivity contribution < 1.29 is 4.79 Å². The van der Waals surface area contributed by atoms with E-state index < -0.39 is 0 Å². The minimum absolute atomic E-state index is 0.00649. The fourth-order valence-corrected chi connectivity index (χ4v) is 3.10. The van der Waals surface area contributed by atoms with E-state index in [-0.39, 0.29) is 22.9 Å². The van der Waals surface area contributed by atoms with Crippen molar-refractivity contribution in [2.75, 3.05) is 6.54 Å². The van der Waals surface area contributed by atoms with Crippen molar-refractivity contribution in [2.24, 2.45) is 11.3 Å². The summed E-state index contributed by atoms with van der Waals surface area (Å²) >= 11 is 0. The summed E-state index contributed by atoms with van der Waals surface area (Å²) in [5, 5.41) is 6.52. The molecule has 1 aliphatic rings. The summed E-state index contributed by atoms with van der Waals surface area (Å²) in [6.45, 7) is 14.0. The minimum Gasteiger partial charge on any atom is -0.350 e. The lowest BCUT2D eigenvalue weighted by molar-refractivity contribution is -0.125. The summed E-state index contributed by atoms with van der Waals surface area (Å²) in [4.78, 5) is 12.3. The van der Waals surface area contributed by atoms with E-state index in [4.69, 9.17) is 0 Å². The summed E-state index contributed by atoms with van der Waals surface area (Å²) in [6, 6.07) is -0.00649. The monoisotopic (exact) mass is 254 g/mol. The van der Waals surface area contributed by atoms with Gasteiger partial charge in [-0.05, 0) is 51.0 Å². The third-order valence-corrected chi connectivity index (χ3v) is 3.42. The van der Waals surface area contributed by atoms with E-state index in [0.29, 0.717) is 5.92 Å². The molecule has 0 spiro atoms. The number of hydrogen-bond donors (Lipinski definition) is 2. The first-order valence-electron chi connectivity index (χ1n) is 7.14. The first-order valence-corrected chi connectivity index (χ1v) is 7.14. The van der Waals surface area contributed by atoms with Gasteiger partial charge >= 0.3 is 0 Å². The average molecular weight is 254 g/mol. The Balaban J connectivity index is 2.52. The molecule has 2 unspecified atom stereocenters. The fraction of sp³-hybridized carbons (Fsp3) is 0.933. The molecule has 3 heteroatoms. The summed E-state index contributed by atoms with van der Waals surface area (Å²) < 4.78 is 0. The molecule has 2 N–H and O–H groups in total. The van der Waals surface area contributed by atoms with Gasteiger partial charge < -0.3 is 10.6 Å². The van der Waals surface area contributed by atoms with Gasteiger partial charge in [0.2, 0.25) is 5.91 Å². The zero-order valence-electron chi connectivity index (χ0n) is 12.9. The van der Waals surface area contributed by atoms with Gasteiger partial charge in [-0.2, -0.15) is 0 Å². The van der Waals surface area contributed by atoms with Crippen LogP contribution in [0.25, 0.3) is 0 Å². The van der Waals surface area contributed by atoms with E-state index in [0.717, 1.165) is 19.4 Å². The zero-order valence-corrected chi connectivity index (χ0v) is 12.9. The molecule has 106 valence electrons. The molecule has 0 aromatic carbocycles. The Hall–Kier alpha value is -0.570. The minimum atomic E-state index is -0.141. The molecule has 1 heterocycles. The second kappa shape index (κ2) is 5.60. The molecule has 18 heavy (non-hydrogen) atoms. The smallest absolute Gasteiger partial charge is 0.237 e. The summed E-state index contributed by atoms with van der Waals surface area (Å²) in [6.07, 6.45) is 3.11. The molecule has 1 amide bonds. The molecule has 0 bridgehead atoms. The van der Waals surface area contributed by atoms with Crippen LogP contribution in [0.1, 0.15) is 60.8 Å². The number of rotatable bonds is 3. The first-order chi connectivity index (χ1) is 8.09. The Morgan fingerprint density at radius 3 is 2.39 bits per heavy atom. The largest absolute Gasteiger partial charge is 0.350 e. The maximum absolute atomic E-state index is 12.3. The quantitative estimate of drug-likeness (QED) is 0.813. The van der Waals surface area contributed by atoms with Crippen LogP contribution in [-0.4, -0.2) is 24.0 Å². The molecule has 1 fully saturated rings. The van der Waals surface area contributed by atoms with Crippen molar-refractivity contribution in [3.8, 4) is 0 Å². The van der Waals surface area contributed by atoms with E-state index in [9.17, 15) is 4.79 Å². The molecule has 1 rings (SSSR count). The number of carbonyl (C=O) groups is 1. The molecular formula is C15H30N2O. The molecular weight excluding hydrogens is 224 g/mol. The Labute approximate surface area is 112 Å². The van der Waals surface area contributed by atoms with Gasteiger partial charge in [0.05, 0.1) is 6.04 Å². The van der Waals surface area contributed by atoms with Gasteiger partial charge in [-0.1, -0.05) is 27.7 Å². The van der Waals surface area contributed by atoms with Gasteiger partial charge in [0, 0.05) is 5.54 Å². The van der Waals surface area contributed by atoms with Crippen LogP contribution in [-0.2, 0) is 4.79 Å². The highest BCUT2D eigenvalue weighted by atomic mass is 16.2. The summed E-state index contributed by atoms with van der Waals surface area (Å²) in [7, 11) is 0. The van der Waals surface area contributed by atoms with Gasteiger partial charge in [0.1, 0.15) is 0 Å². The Bertz CT molecular complexity index is 291. The normalized spacial score (nSPS) is 25.9. The van der Waals surface area contributed by atoms with Crippen molar-refractivity contribution in [2.45, 2.75) is 72.4 Å². The van der Waals surface area contributed by atoms with E-state index >= 15 is 0 Å². The van der Waals surface area contributed by atoms with E-state index in [2.05, 4.69) is 52.2 Å². The highest BCUT2D eigenvalue weighted by molar-refractivity contribution is 5.82. The van der Waals surface area contributed by atoms with Crippen molar-refractivity contribution >= 4 is 5.91 Å². The van der Waals surface area contributed by atoms with Gasteiger partial charge in [0.25, 0.3) is 0 Å². The molecule has 0 aliphatic carbocycles. The SMILES string of the molecule is CC1CCNC(C(=O)NC(C)(C)CC(C)(C)C)C1. The third kappa shape index (κ3) is 5.38. The molecule has 0 aromatic rings. The van der Waals surface area contributed by atoms with Crippen LogP contribution in [0.15, 0.2) is 0 Å². The highest BCUT2D eigenvalue weighted by Crippen LogP contribution is 2.27. The average Bonchev–Trinajstić information content (AvgIpc) is 2.12. The van der Waals surface area contributed by atoms with Crippen LogP contribution >= 0.6 is 0 Å². The fourth-order valence-electron chi connectivity index (χ4n) is 3.10. The lowest BCUT2D eigenvalue weighted by atomic mass is 9.81. The first kappa shape index (κ1) is 15.5. The van der Waals surface area contributed by atoms with Crippen molar-refractivity contribution in [1.29, 1.82) is 0 Å².